The molecule has 0 aromatic rings. The van der Waals surface area contributed by atoms with E-state index in [0.29, 0.717) is 17.4 Å². The summed E-state index contributed by atoms with van der Waals surface area (Å²) in [6.45, 7) is 4.83. The van der Waals surface area contributed by atoms with E-state index in [2.05, 4.69) is 62.5 Å². The molecule has 0 rings (SSSR count). The van der Waals surface area contributed by atoms with Crippen LogP contribution in [0, 0.1) is 0 Å². The Balaban J connectivity index is 4.02. The summed E-state index contributed by atoms with van der Waals surface area (Å²) in [5.74, 6) is -1.98. The standard InChI is InChI=1S/C76H141NO8/c1-6-8-10-12-14-16-18-20-22-24-26-28-30-32-34-35-36-37-38-39-41-42-44-46-48-50-52-54-56-58-60-62-64-66-73(78)83-70-72(71-84-76(75(80)81)82-69-68-77(3,4)5)85-74(79)67-65-63-61-59-57-55-53-51-49-47-45-43-40-33-31-29-27-25-23-21-19-17-15-13-11-9-7-2/h9,11,15,17,21,23,27,29,72,76H,6-8,10,12-14,16,18-20,22,24-26,28,30-71H2,1-5H3/p+1/b11-9-,17-15-,23-21-,29-27-. The number of rotatable bonds is 69. The maximum Gasteiger partial charge on any atom is 0.361 e. The average molecular weight is 1200 g/mol. The number of allylic oxidation sites excluding steroid dienone is 8. The van der Waals surface area contributed by atoms with Gasteiger partial charge in [-0.25, -0.2) is 4.79 Å². The van der Waals surface area contributed by atoms with Crippen molar-refractivity contribution in [3.8, 4) is 0 Å². The van der Waals surface area contributed by atoms with Crippen molar-refractivity contribution >= 4 is 17.9 Å². The number of carboxylic acid groups (broad SMARTS) is 1. The lowest BCUT2D eigenvalue weighted by atomic mass is 10.0. The monoisotopic (exact) mass is 1200 g/mol. The van der Waals surface area contributed by atoms with E-state index in [4.69, 9.17) is 18.9 Å². The normalized spacial score (nSPS) is 12.9. The number of carbonyl (C=O) groups excluding carboxylic acids is 2. The molecular formula is C76H142NO8+. The Morgan fingerprint density at radius 3 is 1.00 bits per heavy atom. The highest BCUT2D eigenvalue weighted by Crippen LogP contribution is 2.19. The summed E-state index contributed by atoms with van der Waals surface area (Å²) >= 11 is 0. The van der Waals surface area contributed by atoms with Crippen molar-refractivity contribution in [2.45, 2.75) is 373 Å². The van der Waals surface area contributed by atoms with E-state index < -0.39 is 18.4 Å². The van der Waals surface area contributed by atoms with Crippen LogP contribution in [0.2, 0.25) is 0 Å². The minimum atomic E-state index is -1.51. The van der Waals surface area contributed by atoms with Gasteiger partial charge in [-0.2, -0.15) is 0 Å². The third kappa shape index (κ3) is 68.6. The SMILES string of the molecule is CC/C=C\C/C=C\C/C=C\C/C=C\CCCCCCCCCCCCCCCCC(=O)OC(COC(=O)CCCCCCCCCCCCCCCCCCCCCCCCCCCCCCCCCCC)COC(OCC[N+](C)(C)C)C(=O)O. The lowest BCUT2D eigenvalue weighted by Gasteiger charge is -2.25. The van der Waals surface area contributed by atoms with Crippen LogP contribution in [0.25, 0.3) is 0 Å². The van der Waals surface area contributed by atoms with E-state index in [1.165, 1.54) is 270 Å². The van der Waals surface area contributed by atoms with Gasteiger partial charge in [0.15, 0.2) is 6.10 Å². The van der Waals surface area contributed by atoms with Crippen LogP contribution in [0.5, 0.6) is 0 Å². The molecule has 2 atom stereocenters. The Labute approximate surface area is 527 Å². The number of hydrogen-bond acceptors (Lipinski definition) is 7. The van der Waals surface area contributed by atoms with Crippen LogP contribution in [0.4, 0.5) is 0 Å². The summed E-state index contributed by atoms with van der Waals surface area (Å²) in [6.07, 6.45) is 83.9. The molecule has 0 aromatic heterocycles. The van der Waals surface area contributed by atoms with E-state index in [0.717, 1.165) is 64.2 Å². The number of esters is 2. The molecule has 0 aromatic carbocycles. The Morgan fingerprint density at radius 2 is 0.671 bits per heavy atom. The lowest BCUT2D eigenvalue weighted by molar-refractivity contribution is -0.870. The number of ether oxygens (including phenoxy) is 4. The minimum Gasteiger partial charge on any atom is -0.477 e. The topological polar surface area (TPSA) is 108 Å². The smallest absolute Gasteiger partial charge is 0.361 e. The van der Waals surface area contributed by atoms with Gasteiger partial charge >= 0.3 is 17.9 Å². The fourth-order valence-electron chi connectivity index (χ4n) is 11.0. The molecule has 0 heterocycles. The van der Waals surface area contributed by atoms with Gasteiger partial charge < -0.3 is 28.5 Å². The van der Waals surface area contributed by atoms with Crippen LogP contribution >= 0.6 is 0 Å². The summed E-state index contributed by atoms with van der Waals surface area (Å²) in [4.78, 5) is 37.7. The largest absolute Gasteiger partial charge is 0.477 e. The highest BCUT2D eigenvalue weighted by atomic mass is 16.7. The number of unbranched alkanes of at least 4 members (excludes halogenated alkanes) is 46. The minimum absolute atomic E-state index is 0.178. The molecule has 9 nitrogen and oxygen atoms in total. The second-order valence-electron chi connectivity index (χ2n) is 26.2. The number of quaternary nitrogens is 1. The Bertz CT molecular complexity index is 1530. The summed E-state index contributed by atoms with van der Waals surface area (Å²) in [7, 11) is 5.99. The van der Waals surface area contributed by atoms with Crippen molar-refractivity contribution < 1.29 is 42.9 Å². The maximum atomic E-state index is 13.0. The molecule has 1 N–H and O–H groups in total. The Morgan fingerprint density at radius 1 is 0.365 bits per heavy atom. The first kappa shape index (κ1) is 82.2. The fourth-order valence-corrected chi connectivity index (χ4v) is 11.0. The molecule has 0 bridgehead atoms. The summed E-state index contributed by atoms with van der Waals surface area (Å²) < 4.78 is 23.0. The maximum absolute atomic E-state index is 13.0. The van der Waals surface area contributed by atoms with Gasteiger partial charge in [0.25, 0.3) is 6.29 Å². The summed E-state index contributed by atoms with van der Waals surface area (Å²) in [5.41, 5.74) is 0. The Kier molecular flexibility index (Phi) is 65.0. The molecule has 0 aliphatic carbocycles. The highest BCUT2D eigenvalue weighted by molar-refractivity contribution is 5.71. The first-order valence-electron chi connectivity index (χ1n) is 36.8. The predicted molar refractivity (Wildman–Crippen MR) is 364 cm³/mol. The van der Waals surface area contributed by atoms with Gasteiger partial charge in [0.1, 0.15) is 13.2 Å². The van der Waals surface area contributed by atoms with Crippen molar-refractivity contribution in [1.29, 1.82) is 0 Å². The molecule has 0 amide bonds. The first-order valence-corrected chi connectivity index (χ1v) is 36.8. The van der Waals surface area contributed by atoms with E-state index in [9.17, 15) is 19.5 Å². The van der Waals surface area contributed by atoms with Crippen molar-refractivity contribution in [3.63, 3.8) is 0 Å². The molecular weight excluding hydrogens is 1050 g/mol. The van der Waals surface area contributed by atoms with E-state index in [1.54, 1.807) is 0 Å². The van der Waals surface area contributed by atoms with Crippen LogP contribution in [0.3, 0.4) is 0 Å². The molecule has 0 saturated carbocycles. The zero-order valence-electron chi connectivity index (χ0n) is 57.0. The van der Waals surface area contributed by atoms with E-state index in [1.807, 2.05) is 21.1 Å². The third-order valence-electron chi connectivity index (χ3n) is 16.6. The van der Waals surface area contributed by atoms with E-state index >= 15 is 0 Å². The van der Waals surface area contributed by atoms with Crippen molar-refractivity contribution in [2.24, 2.45) is 0 Å². The average Bonchev–Trinajstić information content (AvgIpc) is 3.48. The van der Waals surface area contributed by atoms with Gasteiger partial charge in [-0.3, -0.25) is 9.59 Å². The number of carbonyl (C=O) groups is 3. The first-order chi connectivity index (χ1) is 41.6. The van der Waals surface area contributed by atoms with Gasteiger partial charge in [-0.05, 0) is 51.4 Å². The molecule has 0 aliphatic heterocycles. The Hall–Kier alpha value is -2.75. The predicted octanol–water partition coefficient (Wildman–Crippen LogP) is 22.9. The second kappa shape index (κ2) is 67.2. The number of nitrogens with zero attached hydrogens (tertiary/aromatic N) is 1. The zero-order chi connectivity index (χ0) is 61.9. The van der Waals surface area contributed by atoms with Gasteiger partial charge in [0.05, 0.1) is 34.4 Å². The second-order valence-corrected chi connectivity index (χ2v) is 26.2. The summed E-state index contributed by atoms with van der Waals surface area (Å²) in [6, 6.07) is 0. The van der Waals surface area contributed by atoms with Crippen molar-refractivity contribution in [2.75, 3.05) is 47.5 Å². The fraction of sp³-hybridized carbons (Fsp3) is 0.855. The van der Waals surface area contributed by atoms with Gasteiger partial charge in [0, 0.05) is 12.8 Å². The molecule has 0 radical (unpaired) electrons. The third-order valence-corrected chi connectivity index (χ3v) is 16.6. The van der Waals surface area contributed by atoms with E-state index in [-0.39, 0.29) is 38.2 Å². The number of carboxylic acids is 1. The molecule has 0 spiro atoms. The van der Waals surface area contributed by atoms with Gasteiger partial charge in [0.2, 0.25) is 0 Å². The molecule has 0 fully saturated rings. The van der Waals surface area contributed by atoms with Gasteiger partial charge in [-0.1, -0.05) is 345 Å². The molecule has 9 heteroatoms. The van der Waals surface area contributed by atoms with Gasteiger partial charge in [-0.15, -0.1) is 0 Å². The van der Waals surface area contributed by atoms with Crippen LogP contribution in [-0.2, 0) is 33.3 Å². The molecule has 85 heavy (non-hydrogen) atoms. The number of hydrogen-bond donors (Lipinski definition) is 1. The van der Waals surface area contributed by atoms with Crippen LogP contribution in [0.15, 0.2) is 48.6 Å². The zero-order valence-corrected chi connectivity index (χ0v) is 57.0. The molecule has 0 saturated heterocycles. The molecule has 498 valence electrons. The highest BCUT2D eigenvalue weighted by Gasteiger charge is 2.25. The quantitative estimate of drug-likeness (QED) is 0.0211. The van der Waals surface area contributed by atoms with Crippen molar-refractivity contribution in [3.05, 3.63) is 48.6 Å². The van der Waals surface area contributed by atoms with Crippen LogP contribution < -0.4 is 0 Å². The summed E-state index contributed by atoms with van der Waals surface area (Å²) in [5, 5.41) is 9.75. The molecule has 0 aliphatic rings. The molecule has 2 unspecified atom stereocenters. The van der Waals surface area contributed by atoms with Crippen LogP contribution in [0.1, 0.15) is 361 Å². The van der Waals surface area contributed by atoms with Crippen molar-refractivity contribution in [1.82, 2.24) is 0 Å². The number of aliphatic carboxylic acids is 1. The lowest BCUT2D eigenvalue weighted by Crippen LogP contribution is -2.40. The number of likely N-dealkylation sites (N-methyl/N-ethyl adjacent to an activating group) is 1. The van der Waals surface area contributed by atoms with Crippen LogP contribution in [-0.4, -0.2) is 87.4 Å².